The predicted molar refractivity (Wildman–Crippen MR) is 68.3 cm³/mol. The summed E-state index contributed by atoms with van der Waals surface area (Å²) in [6.07, 6.45) is 3.24. The molecule has 1 aromatic carbocycles. The molecule has 4 nitrogen and oxygen atoms in total. The van der Waals surface area contributed by atoms with E-state index in [2.05, 4.69) is 39.7 Å². The van der Waals surface area contributed by atoms with Gasteiger partial charge >= 0.3 is 0 Å². The maximum absolute atomic E-state index is 5.22. The number of hydrogen-bond donors (Lipinski definition) is 1. The van der Waals surface area contributed by atoms with Gasteiger partial charge in [-0.25, -0.2) is 0 Å². The average molecular weight is 243 g/mol. The number of fused-ring (bicyclic) bond motifs is 1. The van der Waals surface area contributed by atoms with Crippen LogP contribution in [0.15, 0.2) is 28.8 Å². The largest absolute Gasteiger partial charge is 0.338 e. The van der Waals surface area contributed by atoms with E-state index in [-0.39, 0.29) is 0 Å². The number of aryl methyl sites for hydroxylation is 1. The molecule has 4 heteroatoms. The molecule has 1 aliphatic rings. The van der Waals surface area contributed by atoms with Crippen molar-refractivity contribution >= 4 is 0 Å². The molecule has 3 rings (SSSR count). The summed E-state index contributed by atoms with van der Waals surface area (Å²) in [6, 6.07) is 8.63. The third-order valence-electron chi connectivity index (χ3n) is 3.52. The quantitative estimate of drug-likeness (QED) is 0.896. The molecule has 94 valence electrons. The average Bonchev–Trinajstić information content (AvgIpc) is 2.87. The predicted octanol–water partition coefficient (Wildman–Crippen LogP) is 2.06. The molecule has 1 aliphatic carbocycles. The summed E-state index contributed by atoms with van der Waals surface area (Å²) in [4.78, 5) is 4.46. The van der Waals surface area contributed by atoms with Crippen LogP contribution in [0, 0.1) is 0 Å². The van der Waals surface area contributed by atoms with Crippen molar-refractivity contribution in [2.24, 2.45) is 0 Å². The molecule has 0 bridgehead atoms. The number of nitrogens with one attached hydrogen (secondary N) is 1. The second kappa shape index (κ2) is 4.90. The van der Waals surface area contributed by atoms with Gasteiger partial charge in [0.25, 0.3) is 0 Å². The van der Waals surface area contributed by atoms with E-state index in [4.69, 9.17) is 4.52 Å². The number of benzene rings is 1. The van der Waals surface area contributed by atoms with Crippen LogP contribution in [-0.4, -0.2) is 17.2 Å². The van der Waals surface area contributed by atoms with Gasteiger partial charge < -0.3 is 9.84 Å². The highest BCUT2D eigenvalue weighted by Crippen LogP contribution is 2.30. The Kier molecular flexibility index (Phi) is 3.11. The van der Waals surface area contributed by atoms with E-state index in [1.54, 1.807) is 0 Å². The summed E-state index contributed by atoms with van der Waals surface area (Å²) >= 11 is 0. The normalized spacial score (nSPS) is 18.6. The Morgan fingerprint density at radius 3 is 3.00 bits per heavy atom. The molecule has 1 aromatic heterocycles. The van der Waals surface area contributed by atoms with E-state index in [1.807, 2.05) is 7.05 Å². The van der Waals surface area contributed by atoms with Gasteiger partial charge in [-0.3, -0.25) is 0 Å². The topological polar surface area (TPSA) is 51.0 Å². The fourth-order valence-electron chi connectivity index (χ4n) is 2.58. The lowest BCUT2D eigenvalue weighted by molar-refractivity contribution is 0.361. The van der Waals surface area contributed by atoms with Crippen molar-refractivity contribution < 1.29 is 4.52 Å². The lowest BCUT2D eigenvalue weighted by atomic mass is 9.83. The van der Waals surface area contributed by atoms with E-state index in [9.17, 15) is 0 Å². The van der Waals surface area contributed by atoms with E-state index < -0.39 is 0 Å². The minimum atomic E-state index is 0.397. The Balaban J connectivity index is 1.78. The van der Waals surface area contributed by atoms with Crippen molar-refractivity contribution in [3.8, 4) is 0 Å². The molecular formula is C14H17N3O. The lowest BCUT2D eigenvalue weighted by Crippen LogP contribution is -2.14. The van der Waals surface area contributed by atoms with Crippen molar-refractivity contribution in [2.75, 3.05) is 7.05 Å². The molecule has 2 aromatic rings. The fraction of sp³-hybridized carbons (Fsp3) is 0.429. The first-order valence-corrected chi connectivity index (χ1v) is 6.40. The maximum Gasteiger partial charge on any atom is 0.240 e. The highest BCUT2D eigenvalue weighted by molar-refractivity contribution is 5.31. The number of nitrogens with zero attached hydrogens (tertiary/aromatic N) is 2. The molecule has 1 atom stereocenters. The maximum atomic E-state index is 5.22. The van der Waals surface area contributed by atoms with Crippen LogP contribution in [-0.2, 0) is 19.4 Å². The van der Waals surface area contributed by atoms with Crippen LogP contribution >= 0.6 is 0 Å². The molecule has 0 fully saturated rings. The monoisotopic (exact) mass is 243 g/mol. The molecule has 0 amide bonds. The Labute approximate surface area is 106 Å². The molecule has 1 N–H and O–H groups in total. The standard InChI is InChI=1S/C14H17N3O/c1-15-9-13-16-14(17-18-13)12-7-6-10-4-2-3-5-11(10)8-12/h2-5,12,15H,6-9H2,1H3. The Bertz CT molecular complexity index is 535. The van der Waals surface area contributed by atoms with Crippen molar-refractivity contribution in [2.45, 2.75) is 31.7 Å². The van der Waals surface area contributed by atoms with Crippen molar-refractivity contribution in [3.63, 3.8) is 0 Å². The smallest absolute Gasteiger partial charge is 0.240 e. The Morgan fingerprint density at radius 2 is 2.17 bits per heavy atom. The number of hydrogen-bond acceptors (Lipinski definition) is 4. The van der Waals surface area contributed by atoms with Gasteiger partial charge in [0.15, 0.2) is 5.82 Å². The Hall–Kier alpha value is -1.68. The second-order valence-electron chi connectivity index (χ2n) is 4.79. The van der Waals surface area contributed by atoms with E-state index in [0.29, 0.717) is 18.4 Å². The number of rotatable bonds is 3. The summed E-state index contributed by atoms with van der Waals surface area (Å²) in [6.45, 7) is 0.635. The molecule has 1 unspecified atom stereocenters. The first-order chi connectivity index (χ1) is 8.86. The number of aromatic nitrogens is 2. The molecule has 18 heavy (non-hydrogen) atoms. The van der Waals surface area contributed by atoms with Gasteiger partial charge in [-0.15, -0.1) is 0 Å². The van der Waals surface area contributed by atoms with E-state index >= 15 is 0 Å². The van der Waals surface area contributed by atoms with E-state index in [1.165, 1.54) is 11.1 Å². The first-order valence-electron chi connectivity index (χ1n) is 6.40. The van der Waals surface area contributed by atoms with Crippen LogP contribution < -0.4 is 5.32 Å². The van der Waals surface area contributed by atoms with Gasteiger partial charge in [0.05, 0.1) is 6.54 Å². The molecule has 0 saturated carbocycles. The summed E-state index contributed by atoms with van der Waals surface area (Å²) < 4.78 is 5.22. The molecule has 0 radical (unpaired) electrons. The van der Waals surface area contributed by atoms with Crippen molar-refractivity contribution in [3.05, 3.63) is 47.1 Å². The third-order valence-corrected chi connectivity index (χ3v) is 3.52. The van der Waals surface area contributed by atoms with Crippen LogP contribution in [0.2, 0.25) is 0 Å². The fourth-order valence-corrected chi connectivity index (χ4v) is 2.58. The van der Waals surface area contributed by atoms with Gasteiger partial charge in [-0.1, -0.05) is 29.4 Å². The highest BCUT2D eigenvalue weighted by Gasteiger charge is 2.23. The zero-order valence-electron chi connectivity index (χ0n) is 10.5. The van der Waals surface area contributed by atoms with Gasteiger partial charge in [-0.05, 0) is 37.4 Å². The molecule has 0 spiro atoms. The second-order valence-corrected chi connectivity index (χ2v) is 4.79. The zero-order chi connectivity index (χ0) is 12.4. The highest BCUT2D eigenvalue weighted by atomic mass is 16.5. The van der Waals surface area contributed by atoms with Crippen LogP contribution in [0.1, 0.15) is 35.2 Å². The van der Waals surface area contributed by atoms with Gasteiger partial charge in [-0.2, -0.15) is 4.98 Å². The van der Waals surface area contributed by atoms with Crippen LogP contribution in [0.3, 0.4) is 0 Å². The molecular weight excluding hydrogens is 226 g/mol. The van der Waals surface area contributed by atoms with Gasteiger partial charge in [0, 0.05) is 5.92 Å². The lowest BCUT2D eigenvalue weighted by Gasteiger charge is -2.21. The summed E-state index contributed by atoms with van der Waals surface area (Å²) in [7, 11) is 1.88. The molecule has 1 heterocycles. The van der Waals surface area contributed by atoms with Crippen LogP contribution in [0.5, 0.6) is 0 Å². The van der Waals surface area contributed by atoms with E-state index in [0.717, 1.165) is 25.1 Å². The first kappa shape index (κ1) is 11.4. The Morgan fingerprint density at radius 1 is 1.33 bits per heavy atom. The minimum Gasteiger partial charge on any atom is -0.338 e. The van der Waals surface area contributed by atoms with Gasteiger partial charge in [0.2, 0.25) is 5.89 Å². The summed E-state index contributed by atoms with van der Waals surface area (Å²) in [5, 5.41) is 7.12. The zero-order valence-corrected chi connectivity index (χ0v) is 10.5. The minimum absolute atomic E-state index is 0.397. The van der Waals surface area contributed by atoms with Crippen LogP contribution in [0.4, 0.5) is 0 Å². The van der Waals surface area contributed by atoms with Gasteiger partial charge in [0.1, 0.15) is 0 Å². The van der Waals surface area contributed by atoms with Crippen molar-refractivity contribution in [1.82, 2.24) is 15.5 Å². The summed E-state index contributed by atoms with van der Waals surface area (Å²) in [5.41, 5.74) is 2.89. The van der Waals surface area contributed by atoms with Crippen LogP contribution in [0.25, 0.3) is 0 Å². The summed E-state index contributed by atoms with van der Waals surface area (Å²) in [5.74, 6) is 1.93. The molecule has 0 saturated heterocycles. The third kappa shape index (κ3) is 2.16. The van der Waals surface area contributed by atoms with Crippen molar-refractivity contribution in [1.29, 1.82) is 0 Å². The SMILES string of the molecule is CNCc1nc(C2CCc3ccccc3C2)no1. The molecule has 0 aliphatic heterocycles.